The van der Waals surface area contributed by atoms with E-state index in [-0.39, 0.29) is 24.0 Å². The third-order valence-electron chi connectivity index (χ3n) is 2.61. The molecule has 0 aromatic rings. The van der Waals surface area contributed by atoms with E-state index in [4.69, 9.17) is 4.74 Å². The van der Waals surface area contributed by atoms with Crippen molar-refractivity contribution >= 4 is 11.8 Å². The van der Waals surface area contributed by atoms with Crippen LogP contribution in [-0.4, -0.2) is 35.5 Å². The van der Waals surface area contributed by atoms with Gasteiger partial charge in [-0.15, -0.1) is 0 Å². The van der Waals surface area contributed by atoms with Crippen molar-refractivity contribution in [3.05, 3.63) is 12.2 Å². The van der Waals surface area contributed by atoms with Gasteiger partial charge in [0.1, 0.15) is 0 Å². The van der Waals surface area contributed by atoms with E-state index < -0.39 is 0 Å². The van der Waals surface area contributed by atoms with Gasteiger partial charge in [-0.1, -0.05) is 0 Å². The molecule has 2 amide bonds. The first-order chi connectivity index (χ1) is 6.66. The van der Waals surface area contributed by atoms with E-state index in [1.165, 1.54) is 17.1 Å². The second-order valence-corrected chi connectivity index (χ2v) is 3.77. The van der Waals surface area contributed by atoms with Crippen LogP contribution in [0.5, 0.6) is 0 Å². The Kier molecular flexibility index (Phi) is 2.37. The summed E-state index contributed by atoms with van der Waals surface area (Å²) in [6.07, 6.45) is 4.83. The largest absolute Gasteiger partial charge is 0.373 e. The zero-order chi connectivity index (χ0) is 10.1. The highest BCUT2D eigenvalue weighted by atomic mass is 16.5. The van der Waals surface area contributed by atoms with Gasteiger partial charge in [0.05, 0.1) is 18.8 Å². The van der Waals surface area contributed by atoms with Crippen LogP contribution in [0.25, 0.3) is 0 Å². The van der Waals surface area contributed by atoms with Crippen LogP contribution in [0, 0.1) is 0 Å². The summed E-state index contributed by atoms with van der Waals surface area (Å²) in [6, 6.07) is 0. The number of carbonyl (C=O) groups is 2. The van der Waals surface area contributed by atoms with Crippen LogP contribution >= 0.6 is 0 Å². The van der Waals surface area contributed by atoms with Crippen molar-refractivity contribution < 1.29 is 14.3 Å². The van der Waals surface area contributed by atoms with Crippen LogP contribution in [-0.2, 0) is 14.3 Å². The van der Waals surface area contributed by atoms with Crippen LogP contribution < -0.4 is 0 Å². The lowest BCUT2D eigenvalue weighted by Gasteiger charge is -2.18. The number of carbonyl (C=O) groups excluding carboxylic acids is 2. The average molecular weight is 195 g/mol. The smallest absolute Gasteiger partial charge is 0.253 e. The normalized spacial score (nSPS) is 31.9. The molecule has 2 atom stereocenters. The molecule has 0 aromatic carbocycles. The van der Waals surface area contributed by atoms with Crippen LogP contribution in [0.2, 0.25) is 0 Å². The number of imide groups is 1. The molecule has 2 rings (SSSR count). The Balaban J connectivity index is 1.92. The highest BCUT2D eigenvalue weighted by Crippen LogP contribution is 2.20. The van der Waals surface area contributed by atoms with E-state index in [9.17, 15) is 9.59 Å². The van der Waals surface area contributed by atoms with Crippen molar-refractivity contribution in [3.63, 3.8) is 0 Å². The fourth-order valence-electron chi connectivity index (χ4n) is 1.83. The summed E-state index contributed by atoms with van der Waals surface area (Å²) in [6.45, 7) is 2.40. The molecule has 1 fully saturated rings. The van der Waals surface area contributed by atoms with Crippen molar-refractivity contribution in [1.29, 1.82) is 0 Å². The fourth-order valence-corrected chi connectivity index (χ4v) is 1.83. The van der Waals surface area contributed by atoms with Gasteiger partial charge < -0.3 is 4.74 Å². The Bertz CT molecular complexity index is 280. The van der Waals surface area contributed by atoms with Crippen LogP contribution in [0.3, 0.4) is 0 Å². The lowest BCUT2D eigenvalue weighted by Crippen LogP contribution is -2.37. The van der Waals surface area contributed by atoms with Crippen molar-refractivity contribution in [2.75, 3.05) is 6.54 Å². The van der Waals surface area contributed by atoms with Crippen LogP contribution in [0.1, 0.15) is 19.8 Å². The highest BCUT2D eigenvalue weighted by Gasteiger charge is 2.30. The summed E-state index contributed by atoms with van der Waals surface area (Å²) in [5.41, 5.74) is 0. The number of amides is 2. The van der Waals surface area contributed by atoms with Crippen molar-refractivity contribution in [1.82, 2.24) is 4.90 Å². The second kappa shape index (κ2) is 3.53. The Labute approximate surface area is 82.5 Å². The first kappa shape index (κ1) is 9.40. The minimum atomic E-state index is -0.224. The second-order valence-electron chi connectivity index (χ2n) is 3.77. The standard InChI is InChI=1S/C10H13NO3/c1-7-2-3-8(14-7)6-11-9(12)4-5-10(11)13/h4-5,7-8H,2-3,6H2,1H3. The van der Waals surface area contributed by atoms with E-state index in [2.05, 4.69) is 0 Å². The minimum absolute atomic E-state index is 0.0257. The Morgan fingerprint density at radius 2 is 2.00 bits per heavy atom. The molecule has 4 heteroatoms. The molecule has 4 nitrogen and oxygen atoms in total. The van der Waals surface area contributed by atoms with Gasteiger partial charge in [-0.25, -0.2) is 0 Å². The zero-order valence-electron chi connectivity index (χ0n) is 8.10. The maximum atomic E-state index is 11.2. The molecule has 0 saturated carbocycles. The molecule has 2 aliphatic rings. The monoisotopic (exact) mass is 195 g/mol. The molecule has 2 aliphatic heterocycles. The molecule has 2 unspecified atom stereocenters. The number of hydrogen-bond donors (Lipinski definition) is 0. The summed E-state index contributed by atoms with van der Waals surface area (Å²) in [5, 5.41) is 0. The Hall–Kier alpha value is -1.16. The Morgan fingerprint density at radius 1 is 1.36 bits per heavy atom. The van der Waals surface area contributed by atoms with Crippen LogP contribution in [0.15, 0.2) is 12.2 Å². The topological polar surface area (TPSA) is 46.6 Å². The van der Waals surface area contributed by atoms with Gasteiger partial charge in [-0.05, 0) is 19.8 Å². The molecule has 1 saturated heterocycles. The summed E-state index contributed by atoms with van der Waals surface area (Å²) >= 11 is 0. The predicted octanol–water partition coefficient (Wildman–Crippen LogP) is 0.479. The molecule has 0 radical (unpaired) electrons. The number of hydrogen-bond acceptors (Lipinski definition) is 3. The number of rotatable bonds is 2. The Morgan fingerprint density at radius 3 is 2.50 bits per heavy atom. The molecular formula is C10H13NO3. The maximum Gasteiger partial charge on any atom is 0.253 e. The van der Waals surface area contributed by atoms with Crippen LogP contribution in [0.4, 0.5) is 0 Å². The van der Waals surface area contributed by atoms with Crippen molar-refractivity contribution in [2.24, 2.45) is 0 Å². The van der Waals surface area contributed by atoms with Gasteiger partial charge in [0.15, 0.2) is 0 Å². The van der Waals surface area contributed by atoms with Crippen molar-refractivity contribution in [3.8, 4) is 0 Å². The molecule has 0 aromatic heterocycles. The van der Waals surface area contributed by atoms with E-state index >= 15 is 0 Å². The van der Waals surface area contributed by atoms with Gasteiger partial charge in [-0.3, -0.25) is 14.5 Å². The fraction of sp³-hybridized carbons (Fsp3) is 0.600. The third kappa shape index (κ3) is 1.70. The summed E-state index contributed by atoms with van der Waals surface area (Å²) in [5.74, 6) is -0.448. The lowest BCUT2D eigenvalue weighted by atomic mass is 10.2. The lowest BCUT2D eigenvalue weighted by molar-refractivity contribution is -0.138. The molecule has 0 bridgehead atoms. The molecule has 0 aliphatic carbocycles. The molecular weight excluding hydrogens is 182 g/mol. The zero-order valence-corrected chi connectivity index (χ0v) is 8.10. The van der Waals surface area contributed by atoms with Gasteiger partial charge in [0.25, 0.3) is 11.8 Å². The molecule has 14 heavy (non-hydrogen) atoms. The number of ether oxygens (including phenoxy) is 1. The molecule has 76 valence electrons. The minimum Gasteiger partial charge on any atom is -0.373 e. The van der Waals surface area contributed by atoms with E-state index in [0.29, 0.717) is 6.54 Å². The van der Waals surface area contributed by atoms with Gasteiger partial charge >= 0.3 is 0 Å². The summed E-state index contributed by atoms with van der Waals surface area (Å²) in [7, 11) is 0. The SMILES string of the molecule is CC1CCC(CN2C(=O)C=CC2=O)O1. The van der Waals surface area contributed by atoms with E-state index in [1.54, 1.807) is 0 Å². The number of nitrogens with zero attached hydrogens (tertiary/aromatic N) is 1. The molecule has 0 spiro atoms. The van der Waals surface area contributed by atoms with E-state index in [0.717, 1.165) is 12.8 Å². The molecule has 0 N–H and O–H groups in total. The first-order valence-corrected chi connectivity index (χ1v) is 4.86. The predicted molar refractivity (Wildman–Crippen MR) is 49.4 cm³/mol. The maximum absolute atomic E-state index is 11.2. The highest BCUT2D eigenvalue weighted by molar-refractivity contribution is 6.12. The first-order valence-electron chi connectivity index (χ1n) is 4.86. The summed E-state index contributed by atoms with van der Waals surface area (Å²) < 4.78 is 5.55. The van der Waals surface area contributed by atoms with Gasteiger partial charge in [-0.2, -0.15) is 0 Å². The molecule has 2 heterocycles. The average Bonchev–Trinajstić information content (AvgIpc) is 2.67. The van der Waals surface area contributed by atoms with Crippen molar-refractivity contribution in [2.45, 2.75) is 32.0 Å². The van der Waals surface area contributed by atoms with E-state index in [1.807, 2.05) is 6.92 Å². The quantitative estimate of drug-likeness (QED) is 0.602. The van der Waals surface area contributed by atoms with Gasteiger partial charge in [0, 0.05) is 12.2 Å². The van der Waals surface area contributed by atoms with Gasteiger partial charge in [0.2, 0.25) is 0 Å². The third-order valence-corrected chi connectivity index (χ3v) is 2.61. The summed E-state index contributed by atoms with van der Waals surface area (Å²) in [4.78, 5) is 23.7.